The second kappa shape index (κ2) is 14.7. The van der Waals surface area contributed by atoms with E-state index in [0.717, 1.165) is 24.1 Å². The first-order valence-corrected chi connectivity index (χ1v) is 15.5. The van der Waals surface area contributed by atoms with E-state index in [1.807, 2.05) is 109 Å². The molecule has 5 aromatic rings. The van der Waals surface area contributed by atoms with Gasteiger partial charge in [-0.05, 0) is 47.7 Å². The SMILES string of the molecule is O=C(N[C@@H](Cc1ccccc1)[C@H](O)CN(CCc1ccccc1)Cc1ccccc1)C1=Cc2ccccc2Oc2ccccc21. The molecule has 5 nitrogen and oxygen atoms in total. The molecule has 6 rings (SSSR count). The van der Waals surface area contributed by atoms with Crippen molar-refractivity contribution in [3.63, 3.8) is 0 Å². The third-order valence-corrected chi connectivity index (χ3v) is 8.19. The van der Waals surface area contributed by atoms with Gasteiger partial charge in [-0.2, -0.15) is 0 Å². The van der Waals surface area contributed by atoms with Crippen LogP contribution in [0.3, 0.4) is 0 Å². The summed E-state index contributed by atoms with van der Waals surface area (Å²) in [6.07, 6.45) is 2.41. The Kier molecular flexibility index (Phi) is 9.80. The Morgan fingerprint density at radius 1 is 0.689 bits per heavy atom. The summed E-state index contributed by atoms with van der Waals surface area (Å²) in [5.74, 6) is 1.07. The average Bonchev–Trinajstić information content (AvgIpc) is 3.25. The Balaban J connectivity index is 1.27. The Labute approximate surface area is 265 Å². The van der Waals surface area contributed by atoms with E-state index >= 15 is 0 Å². The Bertz CT molecular complexity index is 1720. The number of benzene rings is 5. The summed E-state index contributed by atoms with van der Waals surface area (Å²) in [7, 11) is 0. The van der Waals surface area contributed by atoms with E-state index in [0.29, 0.717) is 42.1 Å². The van der Waals surface area contributed by atoms with Crippen LogP contribution in [-0.4, -0.2) is 41.1 Å². The summed E-state index contributed by atoms with van der Waals surface area (Å²) in [6.45, 7) is 1.87. The van der Waals surface area contributed by atoms with Crippen molar-refractivity contribution < 1.29 is 14.6 Å². The lowest BCUT2D eigenvalue weighted by molar-refractivity contribution is -0.117. The minimum Gasteiger partial charge on any atom is -0.456 e. The highest BCUT2D eigenvalue weighted by Crippen LogP contribution is 2.38. The number of aliphatic hydroxyl groups is 1. The fraction of sp³-hybridized carbons (Fsp3) is 0.175. The van der Waals surface area contributed by atoms with Gasteiger partial charge in [0, 0.05) is 30.8 Å². The Hall–Kier alpha value is -4.97. The van der Waals surface area contributed by atoms with Gasteiger partial charge in [-0.1, -0.05) is 127 Å². The number of amides is 1. The van der Waals surface area contributed by atoms with Crippen LogP contribution in [0.4, 0.5) is 0 Å². The summed E-state index contributed by atoms with van der Waals surface area (Å²) in [4.78, 5) is 16.4. The predicted molar refractivity (Wildman–Crippen MR) is 181 cm³/mol. The molecule has 5 heteroatoms. The maximum absolute atomic E-state index is 14.2. The Morgan fingerprint density at radius 3 is 1.98 bits per heavy atom. The summed E-state index contributed by atoms with van der Waals surface area (Å²) in [5.41, 5.74) is 5.53. The third kappa shape index (κ3) is 7.95. The zero-order valence-corrected chi connectivity index (χ0v) is 25.3. The van der Waals surface area contributed by atoms with Gasteiger partial charge in [0.25, 0.3) is 5.91 Å². The third-order valence-electron chi connectivity index (χ3n) is 8.19. The number of rotatable bonds is 12. The van der Waals surface area contributed by atoms with Crippen LogP contribution in [0.2, 0.25) is 0 Å². The molecule has 1 aliphatic rings. The number of aliphatic hydroxyl groups excluding tert-OH is 1. The molecule has 1 aliphatic heterocycles. The van der Waals surface area contributed by atoms with Crippen LogP contribution >= 0.6 is 0 Å². The monoisotopic (exact) mass is 594 g/mol. The highest BCUT2D eigenvalue weighted by molar-refractivity contribution is 6.25. The molecule has 226 valence electrons. The lowest BCUT2D eigenvalue weighted by Gasteiger charge is -2.31. The van der Waals surface area contributed by atoms with Gasteiger partial charge in [-0.3, -0.25) is 9.69 Å². The molecule has 0 bridgehead atoms. The van der Waals surface area contributed by atoms with E-state index in [2.05, 4.69) is 46.6 Å². The van der Waals surface area contributed by atoms with Crippen LogP contribution < -0.4 is 10.1 Å². The number of hydrogen-bond acceptors (Lipinski definition) is 4. The topological polar surface area (TPSA) is 61.8 Å². The predicted octanol–water partition coefficient (Wildman–Crippen LogP) is 7.17. The first kappa shape index (κ1) is 30.1. The number of ether oxygens (including phenoxy) is 1. The van der Waals surface area contributed by atoms with Crippen molar-refractivity contribution >= 4 is 17.6 Å². The fourth-order valence-corrected chi connectivity index (χ4v) is 5.81. The maximum Gasteiger partial charge on any atom is 0.252 e. The summed E-state index contributed by atoms with van der Waals surface area (Å²) >= 11 is 0. The normalized spacial score (nSPS) is 13.4. The first-order valence-electron chi connectivity index (χ1n) is 15.5. The molecule has 0 saturated carbocycles. The fourth-order valence-electron chi connectivity index (χ4n) is 5.81. The first-order chi connectivity index (χ1) is 22.1. The van der Waals surface area contributed by atoms with Gasteiger partial charge < -0.3 is 15.2 Å². The molecule has 1 amide bonds. The minimum atomic E-state index is -0.821. The van der Waals surface area contributed by atoms with Gasteiger partial charge in [-0.15, -0.1) is 0 Å². The zero-order chi connectivity index (χ0) is 30.8. The van der Waals surface area contributed by atoms with Crippen molar-refractivity contribution in [2.45, 2.75) is 31.5 Å². The van der Waals surface area contributed by atoms with E-state index in [-0.39, 0.29) is 5.91 Å². The molecule has 0 saturated heterocycles. The van der Waals surface area contributed by atoms with E-state index in [4.69, 9.17) is 4.74 Å². The highest BCUT2D eigenvalue weighted by Gasteiger charge is 2.28. The van der Waals surface area contributed by atoms with Crippen molar-refractivity contribution in [2.24, 2.45) is 0 Å². The molecule has 2 atom stereocenters. The van der Waals surface area contributed by atoms with Crippen LogP contribution in [0.1, 0.15) is 27.8 Å². The average molecular weight is 595 g/mol. The number of para-hydroxylation sites is 2. The molecule has 0 aliphatic carbocycles. The number of carbonyl (C=O) groups excluding carboxylic acids is 1. The van der Waals surface area contributed by atoms with Crippen LogP contribution in [0.15, 0.2) is 140 Å². The molecule has 0 unspecified atom stereocenters. The number of carbonyl (C=O) groups is 1. The van der Waals surface area contributed by atoms with Crippen LogP contribution in [0.25, 0.3) is 11.6 Å². The van der Waals surface area contributed by atoms with E-state index < -0.39 is 12.1 Å². The Morgan fingerprint density at radius 2 is 1.27 bits per heavy atom. The van der Waals surface area contributed by atoms with Gasteiger partial charge in [0.1, 0.15) is 11.5 Å². The number of hydrogen-bond donors (Lipinski definition) is 2. The maximum atomic E-state index is 14.2. The molecule has 45 heavy (non-hydrogen) atoms. The lowest BCUT2D eigenvalue weighted by Crippen LogP contribution is -2.49. The second-order valence-electron chi connectivity index (χ2n) is 11.5. The number of fused-ring (bicyclic) bond motifs is 2. The van der Waals surface area contributed by atoms with Gasteiger partial charge in [0.2, 0.25) is 0 Å². The quantitative estimate of drug-likeness (QED) is 0.161. The highest BCUT2D eigenvalue weighted by atomic mass is 16.5. The largest absolute Gasteiger partial charge is 0.456 e. The standard InChI is InChI=1S/C40H38N2O3/c43-37(29-42(28-32-18-8-3-9-19-32)25-24-30-14-4-1-5-15-30)36(26-31-16-6-2-7-17-31)41-40(44)35-27-33-20-10-12-22-38(33)45-39-23-13-11-21-34(35)39/h1-23,27,36-37,43H,24-26,28-29H2,(H,41,44)/t36-,37+/m0/s1. The molecular formula is C40H38N2O3. The van der Waals surface area contributed by atoms with Gasteiger partial charge >= 0.3 is 0 Å². The summed E-state index contributed by atoms with van der Waals surface area (Å²) < 4.78 is 6.22. The smallest absolute Gasteiger partial charge is 0.252 e. The van der Waals surface area contributed by atoms with Gasteiger partial charge in [0.05, 0.1) is 17.7 Å². The van der Waals surface area contributed by atoms with Crippen molar-refractivity contribution in [3.8, 4) is 11.5 Å². The number of nitrogens with zero attached hydrogens (tertiary/aromatic N) is 1. The molecule has 1 heterocycles. The van der Waals surface area contributed by atoms with Crippen LogP contribution in [-0.2, 0) is 24.2 Å². The van der Waals surface area contributed by atoms with Crippen molar-refractivity contribution in [2.75, 3.05) is 13.1 Å². The molecule has 0 fully saturated rings. The minimum absolute atomic E-state index is 0.248. The summed E-state index contributed by atoms with van der Waals surface area (Å²) in [6, 6.07) is 45.5. The lowest BCUT2D eigenvalue weighted by atomic mass is 9.97. The number of nitrogens with one attached hydrogen (secondary N) is 1. The van der Waals surface area contributed by atoms with E-state index in [1.165, 1.54) is 11.1 Å². The zero-order valence-electron chi connectivity index (χ0n) is 25.3. The molecule has 0 radical (unpaired) electrons. The molecule has 0 aromatic heterocycles. The van der Waals surface area contributed by atoms with Gasteiger partial charge in [0.15, 0.2) is 0 Å². The molecule has 0 spiro atoms. The molecule has 5 aromatic carbocycles. The van der Waals surface area contributed by atoms with E-state index in [1.54, 1.807) is 0 Å². The summed E-state index contributed by atoms with van der Waals surface area (Å²) in [5, 5.41) is 15.1. The second-order valence-corrected chi connectivity index (χ2v) is 11.5. The van der Waals surface area contributed by atoms with Crippen molar-refractivity contribution in [1.82, 2.24) is 10.2 Å². The van der Waals surface area contributed by atoms with Gasteiger partial charge in [-0.25, -0.2) is 0 Å². The molecular weight excluding hydrogens is 556 g/mol. The van der Waals surface area contributed by atoms with Crippen molar-refractivity contribution in [3.05, 3.63) is 167 Å². The molecule has 2 N–H and O–H groups in total. The van der Waals surface area contributed by atoms with Crippen molar-refractivity contribution in [1.29, 1.82) is 0 Å². The van der Waals surface area contributed by atoms with E-state index in [9.17, 15) is 9.90 Å². The van der Waals surface area contributed by atoms with Crippen LogP contribution in [0.5, 0.6) is 11.5 Å². The van der Waals surface area contributed by atoms with Crippen LogP contribution in [0, 0.1) is 0 Å².